The fraction of sp³-hybridized carbons (Fsp3) is 0.188. The Morgan fingerprint density at radius 2 is 2.08 bits per heavy atom. The molecular formula is C16H14N4O5. The number of carbonyl (C=O) groups excluding carboxylic acids is 1. The molecule has 0 fully saturated rings. The van der Waals surface area contributed by atoms with Gasteiger partial charge < -0.3 is 14.8 Å². The van der Waals surface area contributed by atoms with Crippen LogP contribution in [0.1, 0.15) is 18.1 Å². The van der Waals surface area contributed by atoms with E-state index in [0.717, 1.165) is 11.6 Å². The van der Waals surface area contributed by atoms with E-state index in [2.05, 4.69) is 10.3 Å². The van der Waals surface area contributed by atoms with Crippen LogP contribution in [-0.2, 0) is 16.1 Å². The maximum Gasteiger partial charge on any atom is 0.313 e. The van der Waals surface area contributed by atoms with Crippen LogP contribution >= 0.6 is 0 Å². The summed E-state index contributed by atoms with van der Waals surface area (Å²) in [5.74, 6) is -0.442. The van der Waals surface area contributed by atoms with E-state index in [4.69, 9.17) is 14.7 Å². The minimum Gasteiger partial charge on any atom is -0.480 e. The number of hydrogen-bond acceptors (Lipinski definition) is 8. The average Bonchev–Trinajstić information content (AvgIpc) is 2.60. The number of benzene rings is 1. The SMILES string of the molecule is COc1nc(Nc2ccc(COC(C)=O)cc2)c([N+](=O)[O-])cc1C#N. The van der Waals surface area contributed by atoms with Gasteiger partial charge in [0.05, 0.1) is 12.0 Å². The Kier molecular flexibility index (Phi) is 5.47. The molecule has 0 aliphatic carbocycles. The summed E-state index contributed by atoms with van der Waals surface area (Å²) in [4.78, 5) is 25.4. The van der Waals surface area contributed by atoms with Crippen LogP contribution in [0.15, 0.2) is 30.3 Å². The minimum absolute atomic E-state index is 0.0120. The zero-order chi connectivity index (χ0) is 18.4. The van der Waals surface area contributed by atoms with Gasteiger partial charge in [-0.25, -0.2) is 0 Å². The van der Waals surface area contributed by atoms with E-state index in [1.807, 2.05) is 0 Å². The van der Waals surface area contributed by atoms with Crippen molar-refractivity contribution in [2.45, 2.75) is 13.5 Å². The molecule has 0 aliphatic heterocycles. The molecule has 9 nitrogen and oxygen atoms in total. The molecule has 1 N–H and O–H groups in total. The Bertz CT molecular complexity index is 843. The summed E-state index contributed by atoms with van der Waals surface area (Å²) in [5, 5.41) is 23.0. The van der Waals surface area contributed by atoms with E-state index in [0.29, 0.717) is 5.69 Å². The molecule has 0 atom stereocenters. The molecule has 0 saturated carbocycles. The van der Waals surface area contributed by atoms with Gasteiger partial charge in [-0.1, -0.05) is 12.1 Å². The first-order valence-corrected chi connectivity index (χ1v) is 7.07. The molecule has 0 bridgehead atoms. The van der Waals surface area contributed by atoms with Crippen LogP contribution in [0.2, 0.25) is 0 Å². The summed E-state index contributed by atoms with van der Waals surface area (Å²) in [6, 6.07) is 9.64. The molecule has 9 heteroatoms. The lowest BCUT2D eigenvalue weighted by atomic mass is 10.2. The molecule has 128 valence electrons. The molecular weight excluding hydrogens is 328 g/mol. The molecule has 1 aromatic carbocycles. The van der Waals surface area contributed by atoms with Crippen molar-refractivity contribution in [3.63, 3.8) is 0 Å². The van der Waals surface area contributed by atoms with Gasteiger partial charge in [-0.2, -0.15) is 10.2 Å². The number of rotatable bonds is 6. The monoisotopic (exact) mass is 342 g/mol. The smallest absolute Gasteiger partial charge is 0.313 e. The van der Waals surface area contributed by atoms with Crippen molar-refractivity contribution in [2.24, 2.45) is 0 Å². The summed E-state index contributed by atoms with van der Waals surface area (Å²) in [5.41, 5.74) is 0.923. The molecule has 0 unspecified atom stereocenters. The fourth-order valence-electron chi connectivity index (χ4n) is 1.96. The lowest BCUT2D eigenvalue weighted by molar-refractivity contribution is -0.384. The third-order valence-corrected chi connectivity index (χ3v) is 3.14. The number of nitrogens with zero attached hydrogens (tertiary/aromatic N) is 3. The highest BCUT2D eigenvalue weighted by molar-refractivity contribution is 5.68. The zero-order valence-corrected chi connectivity index (χ0v) is 13.5. The third-order valence-electron chi connectivity index (χ3n) is 3.14. The number of aromatic nitrogens is 1. The molecule has 0 amide bonds. The van der Waals surface area contributed by atoms with Gasteiger partial charge in [0.15, 0.2) is 0 Å². The first kappa shape index (κ1) is 17.7. The van der Waals surface area contributed by atoms with E-state index in [1.165, 1.54) is 14.0 Å². The maximum atomic E-state index is 11.2. The van der Waals surface area contributed by atoms with Gasteiger partial charge in [0.2, 0.25) is 11.7 Å². The second-order valence-electron chi connectivity index (χ2n) is 4.88. The summed E-state index contributed by atoms with van der Waals surface area (Å²) < 4.78 is 9.86. The van der Waals surface area contributed by atoms with E-state index in [1.54, 1.807) is 30.3 Å². The molecule has 0 aliphatic rings. The van der Waals surface area contributed by atoms with Crippen LogP contribution < -0.4 is 10.1 Å². The molecule has 0 spiro atoms. The lowest BCUT2D eigenvalue weighted by Crippen LogP contribution is -2.03. The number of pyridine rings is 1. The van der Waals surface area contributed by atoms with Crippen molar-refractivity contribution >= 4 is 23.2 Å². The fourth-order valence-corrected chi connectivity index (χ4v) is 1.96. The predicted molar refractivity (Wildman–Crippen MR) is 87.4 cm³/mol. The van der Waals surface area contributed by atoms with Crippen molar-refractivity contribution in [3.05, 3.63) is 51.6 Å². The Hall–Kier alpha value is -3.67. The second-order valence-corrected chi connectivity index (χ2v) is 4.88. The van der Waals surface area contributed by atoms with Crippen LogP contribution in [0, 0.1) is 21.4 Å². The predicted octanol–water partition coefficient (Wildman–Crippen LogP) is 2.68. The van der Waals surface area contributed by atoms with Gasteiger partial charge in [0.25, 0.3) is 0 Å². The summed E-state index contributed by atoms with van der Waals surface area (Å²) in [7, 11) is 1.32. The standard InChI is InChI=1S/C16H14N4O5/c1-10(21)25-9-11-3-5-13(6-4-11)18-15-14(20(22)23)7-12(8-17)16(19-15)24-2/h3-7H,9H2,1-2H3,(H,18,19). The number of nitro groups is 1. The van der Waals surface area contributed by atoms with Gasteiger partial charge in [0, 0.05) is 18.7 Å². The van der Waals surface area contributed by atoms with E-state index < -0.39 is 4.92 Å². The lowest BCUT2D eigenvalue weighted by Gasteiger charge is -2.09. The molecule has 25 heavy (non-hydrogen) atoms. The first-order valence-electron chi connectivity index (χ1n) is 7.07. The number of nitriles is 1. The van der Waals surface area contributed by atoms with E-state index in [9.17, 15) is 14.9 Å². The number of esters is 1. The van der Waals surface area contributed by atoms with Crippen molar-refractivity contribution in [3.8, 4) is 11.9 Å². The van der Waals surface area contributed by atoms with Crippen molar-refractivity contribution in [2.75, 3.05) is 12.4 Å². The molecule has 0 saturated heterocycles. The number of methoxy groups -OCH3 is 1. The van der Waals surface area contributed by atoms with Crippen LogP contribution in [0.3, 0.4) is 0 Å². The molecule has 0 radical (unpaired) electrons. The Morgan fingerprint density at radius 1 is 1.40 bits per heavy atom. The Balaban J connectivity index is 2.28. The van der Waals surface area contributed by atoms with E-state index in [-0.39, 0.29) is 35.5 Å². The zero-order valence-electron chi connectivity index (χ0n) is 13.5. The summed E-state index contributed by atoms with van der Waals surface area (Å²) in [6.45, 7) is 1.46. The largest absolute Gasteiger partial charge is 0.480 e. The second kappa shape index (κ2) is 7.74. The van der Waals surface area contributed by atoms with Gasteiger partial charge in [-0.05, 0) is 17.7 Å². The van der Waals surface area contributed by atoms with Crippen molar-refractivity contribution in [1.29, 1.82) is 5.26 Å². The van der Waals surface area contributed by atoms with E-state index >= 15 is 0 Å². The Morgan fingerprint density at radius 3 is 2.60 bits per heavy atom. The maximum absolute atomic E-state index is 11.2. The summed E-state index contributed by atoms with van der Waals surface area (Å²) in [6.07, 6.45) is 0. The third kappa shape index (κ3) is 4.42. The first-order chi connectivity index (χ1) is 11.9. The number of ether oxygens (including phenoxy) is 2. The number of anilines is 2. The topological polar surface area (TPSA) is 127 Å². The quantitative estimate of drug-likeness (QED) is 0.482. The number of hydrogen-bond donors (Lipinski definition) is 1. The Labute approximate surface area is 143 Å². The van der Waals surface area contributed by atoms with Crippen LogP contribution in [0.4, 0.5) is 17.2 Å². The van der Waals surface area contributed by atoms with Gasteiger partial charge >= 0.3 is 11.7 Å². The van der Waals surface area contributed by atoms with Gasteiger partial charge in [-0.3, -0.25) is 14.9 Å². The highest BCUT2D eigenvalue weighted by atomic mass is 16.6. The minimum atomic E-state index is -0.634. The molecule has 1 aromatic heterocycles. The van der Waals surface area contributed by atoms with Gasteiger partial charge in [-0.15, -0.1) is 0 Å². The van der Waals surface area contributed by atoms with Crippen LogP contribution in [-0.4, -0.2) is 23.0 Å². The highest BCUT2D eigenvalue weighted by Crippen LogP contribution is 2.30. The molecule has 2 aromatic rings. The number of carbonyl (C=O) groups is 1. The van der Waals surface area contributed by atoms with Gasteiger partial charge in [0.1, 0.15) is 18.2 Å². The highest BCUT2D eigenvalue weighted by Gasteiger charge is 2.21. The number of nitrogens with one attached hydrogen (secondary N) is 1. The average molecular weight is 342 g/mol. The normalized spacial score (nSPS) is 9.80. The molecule has 2 rings (SSSR count). The summed E-state index contributed by atoms with van der Waals surface area (Å²) >= 11 is 0. The van der Waals surface area contributed by atoms with Crippen molar-refractivity contribution < 1.29 is 19.2 Å². The van der Waals surface area contributed by atoms with Crippen LogP contribution in [0.5, 0.6) is 5.88 Å². The van der Waals surface area contributed by atoms with Crippen LogP contribution in [0.25, 0.3) is 0 Å². The van der Waals surface area contributed by atoms with Crippen molar-refractivity contribution in [1.82, 2.24) is 4.98 Å². The molecule has 1 heterocycles.